The topological polar surface area (TPSA) is 143 Å². The molecule has 1 saturated carbocycles. The summed E-state index contributed by atoms with van der Waals surface area (Å²) in [4.78, 5) is 54.8. The van der Waals surface area contributed by atoms with Crippen LogP contribution in [0.25, 0.3) is 11.0 Å². The van der Waals surface area contributed by atoms with E-state index < -0.39 is 46.4 Å². The third-order valence-electron chi connectivity index (χ3n) is 6.07. The molecule has 0 bridgehead atoms. The van der Waals surface area contributed by atoms with Gasteiger partial charge in [0, 0.05) is 31.4 Å². The zero-order valence-electron chi connectivity index (χ0n) is 20.6. The molecule has 1 aliphatic carbocycles. The number of hydrogen-bond donors (Lipinski definition) is 3. The molecule has 2 aromatic rings. The summed E-state index contributed by atoms with van der Waals surface area (Å²) in [5.41, 5.74) is -1.64. The molecule has 4 rings (SSSR count). The normalized spacial score (nSPS) is 18.7. The second-order valence-corrected chi connectivity index (χ2v) is 10.3. The Hall–Kier alpha value is -3.70. The number of fused-ring (bicyclic) bond motifs is 1. The van der Waals surface area contributed by atoms with Crippen molar-refractivity contribution in [3.05, 3.63) is 33.9 Å². The van der Waals surface area contributed by atoms with Gasteiger partial charge in [-0.3, -0.25) is 9.59 Å². The zero-order valence-corrected chi connectivity index (χ0v) is 20.6. The fourth-order valence-corrected chi connectivity index (χ4v) is 4.19. The molecule has 36 heavy (non-hydrogen) atoms. The van der Waals surface area contributed by atoms with Crippen molar-refractivity contribution in [3.8, 4) is 0 Å². The molecule has 0 radical (unpaired) electrons. The van der Waals surface area contributed by atoms with Gasteiger partial charge in [0.05, 0.1) is 5.39 Å². The maximum absolute atomic E-state index is 15.1. The number of hydrogen-bond acceptors (Lipinski definition) is 7. The highest BCUT2D eigenvalue weighted by molar-refractivity contribution is 5.92. The molecule has 2 aromatic heterocycles. The summed E-state index contributed by atoms with van der Waals surface area (Å²) in [6.45, 7) is 7.40. The maximum Gasteiger partial charge on any atom is 0.408 e. The molecule has 2 amide bonds. The van der Waals surface area contributed by atoms with E-state index >= 15 is 4.39 Å². The van der Waals surface area contributed by atoms with Crippen LogP contribution in [0.1, 0.15) is 63.4 Å². The Labute approximate surface area is 206 Å². The Morgan fingerprint density at radius 2 is 1.94 bits per heavy atom. The summed E-state index contributed by atoms with van der Waals surface area (Å²) in [5.74, 6) is -2.47. The highest BCUT2D eigenvalue weighted by Gasteiger charge is 2.32. The Kier molecular flexibility index (Phi) is 6.63. The molecule has 2 fully saturated rings. The van der Waals surface area contributed by atoms with Crippen LogP contribution in [0.4, 0.5) is 15.0 Å². The van der Waals surface area contributed by atoms with Crippen LogP contribution in [0.2, 0.25) is 0 Å². The van der Waals surface area contributed by atoms with E-state index in [-0.39, 0.29) is 35.5 Å². The summed E-state index contributed by atoms with van der Waals surface area (Å²) in [5, 5.41) is 14.7. The Morgan fingerprint density at radius 1 is 1.25 bits per heavy atom. The first-order chi connectivity index (χ1) is 16.8. The molecule has 3 heterocycles. The second-order valence-electron chi connectivity index (χ2n) is 10.3. The van der Waals surface area contributed by atoms with E-state index in [4.69, 9.17) is 4.74 Å². The number of carbonyl (C=O) groups excluding carboxylic acids is 2. The summed E-state index contributed by atoms with van der Waals surface area (Å²) in [6.07, 6.45) is 2.74. The second kappa shape index (κ2) is 9.40. The number of ether oxygens (including phenoxy) is 1. The minimum atomic E-state index is -1.37. The average molecular weight is 504 g/mol. The standard InChI is InChI=1S/C24H30FN5O6/c1-12(26-23(35)36-24(2,3)4)21(32)27-13-7-8-29(10-13)20-17(25)9-15-18(31)16(22(33)34)11-30(14-5-6-14)19(15)28-20/h9,11-14H,5-8,10H2,1-4H3,(H,26,35)(H,27,32)(H,33,34). The SMILES string of the molecule is CC(NC(=O)OC(C)(C)C)C(=O)NC1CCN(c2nc3c(cc2F)c(=O)c(C(=O)O)cn3C2CC2)C1. The predicted molar refractivity (Wildman–Crippen MR) is 129 cm³/mol. The molecule has 2 atom stereocenters. The van der Waals surface area contributed by atoms with E-state index in [1.54, 1.807) is 37.2 Å². The monoisotopic (exact) mass is 503 g/mol. The number of carbonyl (C=O) groups is 3. The number of nitrogens with zero attached hydrogens (tertiary/aromatic N) is 3. The van der Waals surface area contributed by atoms with Gasteiger partial charge in [-0.2, -0.15) is 0 Å². The molecule has 3 N–H and O–H groups in total. The first-order valence-electron chi connectivity index (χ1n) is 11.9. The molecule has 2 unspecified atom stereocenters. The van der Waals surface area contributed by atoms with Crippen LogP contribution in [0, 0.1) is 5.82 Å². The molecular formula is C24H30FN5O6. The number of aromatic carboxylic acids is 1. The fourth-order valence-electron chi connectivity index (χ4n) is 4.19. The number of anilines is 1. The van der Waals surface area contributed by atoms with E-state index in [2.05, 4.69) is 15.6 Å². The van der Waals surface area contributed by atoms with Crippen molar-refractivity contribution in [2.75, 3.05) is 18.0 Å². The molecule has 0 aromatic carbocycles. The van der Waals surface area contributed by atoms with E-state index in [0.717, 1.165) is 18.9 Å². The van der Waals surface area contributed by atoms with Gasteiger partial charge >= 0.3 is 12.1 Å². The summed E-state index contributed by atoms with van der Waals surface area (Å²) in [6, 6.07) is -0.0796. The molecular weight excluding hydrogens is 473 g/mol. The number of rotatable bonds is 6. The number of carboxylic acid groups (broad SMARTS) is 1. The van der Waals surface area contributed by atoms with Crippen LogP contribution in [0.5, 0.6) is 0 Å². The number of amides is 2. The lowest BCUT2D eigenvalue weighted by atomic mass is 10.2. The third kappa shape index (κ3) is 5.42. The summed E-state index contributed by atoms with van der Waals surface area (Å²) >= 11 is 0. The van der Waals surface area contributed by atoms with Crippen molar-refractivity contribution >= 4 is 34.8 Å². The van der Waals surface area contributed by atoms with Gasteiger partial charge in [-0.05, 0) is 53.0 Å². The van der Waals surface area contributed by atoms with Crippen molar-refractivity contribution in [3.63, 3.8) is 0 Å². The summed E-state index contributed by atoms with van der Waals surface area (Å²) in [7, 11) is 0. The van der Waals surface area contributed by atoms with Crippen molar-refractivity contribution in [2.24, 2.45) is 0 Å². The quantitative estimate of drug-likeness (QED) is 0.544. The van der Waals surface area contributed by atoms with Gasteiger partial charge < -0.3 is 29.9 Å². The Morgan fingerprint density at radius 3 is 2.56 bits per heavy atom. The van der Waals surface area contributed by atoms with Crippen molar-refractivity contribution in [1.29, 1.82) is 0 Å². The highest BCUT2D eigenvalue weighted by Crippen LogP contribution is 2.37. The van der Waals surface area contributed by atoms with E-state index in [1.165, 1.54) is 6.20 Å². The predicted octanol–water partition coefficient (Wildman–Crippen LogP) is 2.18. The molecule has 2 aliphatic rings. The lowest BCUT2D eigenvalue weighted by Gasteiger charge is -2.23. The van der Waals surface area contributed by atoms with Crippen LogP contribution in [-0.2, 0) is 9.53 Å². The van der Waals surface area contributed by atoms with Gasteiger partial charge in [0.15, 0.2) is 11.6 Å². The number of aromatic nitrogens is 2. The smallest absolute Gasteiger partial charge is 0.408 e. The Bertz CT molecular complexity index is 1280. The molecule has 194 valence electrons. The number of halogens is 1. The van der Waals surface area contributed by atoms with Crippen LogP contribution in [-0.4, -0.2) is 63.4 Å². The van der Waals surface area contributed by atoms with Crippen molar-refractivity contribution in [1.82, 2.24) is 20.2 Å². The van der Waals surface area contributed by atoms with Crippen LogP contribution >= 0.6 is 0 Å². The number of pyridine rings is 2. The third-order valence-corrected chi connectivity index (χ3v) is 6.07. The molecule has 1 saturated heterocycles. The van der Waals surface area contributed by atoms with Gasteiger partial charge in [-0.15, -0.1) is 0 Å². The van der Waals surface area contributed by atoms with Gasteiger partial charge in [0.1, 0.15) is 22.9 Å². The van der Waals surface area contributed by atoms with Gasteiger partial charge in [-0.1, -0.05) is 0 Å². The van der Waals surface area contributed by atoms with Crippen molar-refractivity contribution < 1.29 is 28.6 Å². The Balaban J connectivity index is 1.49. The van der Waals surface area contributed by atoms with Crippen molar-refractivity contribution in [2.45, 2.75) is 70.7 Å². The summed E-state index contributed by atoms with van der Waals surface area (Å²) < 4.78 is 21.9. The highest BCUT2D eigenvalue weighted by atomic mass is 19.1. The van der Waals surface area contributed by atoms with Gasteiger partial charge in [-0.25, -0.2) is 19.0 Å². The van der Waals surface area contributed by atoms with Gasteiger partial charge in [0.25, 0.3) is 0 Å². The number of carboxylic acids is 1. The van der Waals surface area contributed by atoms with Crippen LogP contribution in [0.3, 0.4) is 0 Å². The van der Waals surface area contributed by atoms with Crippen LogP contribution < -0.4 is 21.0 Å². The maximum atomic E-state index is 15.1. The first kappa shape index (κ1) is 25.4. The molecule has 12 heteroatoms. The first-order valence-corrected chi connectivity index (χ1v) is 11.9. The van der Waals surface area contributed by atoms with Gasteiger partial charge in [0.2, 0.25) is 11.3 Å². The fraction of sp³-hybridized carbons (Fsp3) is 0.542. The molecule has 1 aliphatic heterocycles. The lowest BCUT2D eigenvalue weighted by molar-refractivity contribution is -0.123. The minimum Gasteiger partial charge on any atom is -0.477 e. The largest absolute Gasteiger partial charge is 0.477 e. The van der Waals surface area contributed by atoms with E-state index in [0.29, 0.717) is 13.0 Å². The minimum absolute atomic E-state index is 0.0154. The van der Waals surface area contributed by atoms with E-state index in [1.807, 2.05) is 0 Å². The molecule has 0 spiro atoms. The van der Waals surface area contributed by atoms with Crippen LogP contribution in [0.15, 0.2) is 17.1 Å². The molecule has 11 nitrogen and oxygen atoms in total. The lowest BCUT2D eigenvalue weighted by Crippen LogP contribution is -2.49. The zero-order chi connectivity index (χ0) is 26.4. The number of alkyl carbamates (subject to hydrolysis) is 1. The average Bonchev–Trinajstić information content (AvgIpc) is 3.50. The number of nitrogens with one attached hydrogen (secondary N) is 2. The van der Waals surface area contributed by atoms with E-state index in [9.17, 15) is 24.3 Å².